The number of halogens is 1. The normalized spacial score (nSPS) is 18.5. The monoisotopic (exact) mass is 493 g/mol. The molecule has 1 aliphatic heterocycles. The van der Waals surface area contributed by atoms with E-state index in [0.717, 1.165) is 49.5 Å². The van der Waals surface area contributed by atoms with Crippen LogP contribution in [0, 0.1) is 0 Å². The molecule has 2 aliphatic rings. The van der Waals surface area contributed by atoms with Gasteiger partial charge >= 0.3 is 0 Å². The van der Waals surface area contributed by atoms with E-state index in [2.05, 4.69) is 31.6 Å². The van der Waals surface area contributed by atoms with Crippen molar-refractivity contribution in [2.75, 3.05) is 0 Å². The largest absolute Gasteiger partial charge is 0.493 e. The number of para-hydroxylation sites is 1. The second kappa shape index (κ2) is 8.97. The minimum absolute atomic E-state index is 0.284. The molecule has 0 bridgehead atoms. The minimum atomic E-state index is 0.284. The Labute approximate surface area is 194 Å². The summed E-state index contributed by atoms with van der Waals surface area (Å²) in [6, 6.07) is 16.4. The lowest BCUT2D eigenvalue weighted by Crippen LogP contribution is -2.20. The maximum Gasteiger partial charge on any atom is 0.211 e. The fourth-order valence-electron chi connectivity index (χ4n) is 4.35. The van der Waals surface area contributed by atoms with Crippen molar-refractivity contribution in [3.8, 4) is 5.88 Å². The maximum absolute atomic E-state index is 11.3. The number of rotatable bonds is 3. The van der Waals surface area contributed by atoms with Crippen LogP contribution in [-0.4, -0.2) is 15.9 Å². The van der Waals surface area contributed by atoms with Crippen molar-refractivity contribution in [2.24, 2.45) is 9.98 Å². The highest BCUT2D eigenvalue weighted by atomic mass is 79.9. The molecule has 0 amide bonds. The molecule has 31 heavy (non-hydrogen) atoms. The van der Waals surface area contributed by atoms with Crippen molar-refractivity contribution in [2.45, 2.75) is 44.6 Å². The second-order valence-corrected chi connectivity index (χ2v) is 9.98. The Hall–Kier alpha value is -2.44. The quantitative estimate of drug-likeness (QED) is 0.379. The number of hydrogen-bond donors (Lipinski definition) is 1. The Bertz CT molecular complexity index is 1220. The van der Waals surface area contributed by atoms with Gasteiger partial charge in [0.25, 0.3) is 0 Å². The summed E-state index contributed by atoms with van der Waals surface area (Å²) >= 11 is 5.10. The van der Waals surface area contributed by atoms with Crippen molar-refractivity contribution >= 4 is 56.5 Å². The van der Waals surface area contributed by atoms with Gasteiger partial charge in [-0.2, -0.15) is 0 Å². The first-order chi connectivity index (χ1) is 15.2. The lowest BCUT2D eigenvalue weighted by atomic mass is 10.1. The van der Waals surface area contributed by atoms with Gasteiger partial charge in [-0.15, -0.1) is 0 Å². The predicted octanol–water partition coefficient (Wildman–Crippen LogP) is 7.40. The van der Waals surface area contributed by atoms with Gasteiger partial charge in [0.1, 0.15) is 0 Å². The van der Waals surface area contributed by atoms with Crippen LogP contribution < -0.4 is 4.80 Å². The summed E-state index contributed by atoms with van der Waals surface area (Å²) in [6.07, 6.45) is 11.0. The Kier molecular flexibility index (Phi) is 5.92. The van der Waals surface area contributed by atoms with E-state index in [1.165, 1.54) is 25.7 Å². The summed E-state index contributed by atoms with van der Waals surface area (Å²) < 4.78 is 3.09. The number of allylic oxidation sites excluding steroid dienone is 1. The summed E-state index contributed by atoms with van der Waals surface area (Å²) in [4.78, 5) is 11.1. The molecule has 0 spiro atoms. The third kappa shape index (κ3) is 4.32. The fourth-order valence-corrected chi connectivity index (χ4v) is 5.77. The molecule has 6 heteroatoms. The van der Waals surface area contributed by atoms with Crippen LogP contribution in [0.15, 0.2) is 63.0 Å². The van der Waals surface area contributed by atoms with Crippen LogP contribution in [0.2, 0.25) is 0 Å². The lowest BCUT2D eigenvalue weighted by molar-refractivity contribution is 0.351. The second-order valence-electron chi connectivity index (χ2n) is 8.05. The number of aliphatic imine (C=N–C) groups is 1. The Morgan fingerprint density at radius 3 is 2.61 bits per heavy atom. The molecule has 1 saturated carbocycles. The van der Waals surface area contributed by atoms with Crippen LogP contribution in [0.4, 0.5) is 11.4 Å². The van der Waals surface area contributed by atoms with Gasteiger partial charge in [-0.1, -0.05) is 71.1 Å². The Morgan fingerprint density at radius 2 is 1.84 bits per heavy atom. The van der Waals surface area contributed by atoms with E-state index in [9.17, 15) is 5.11 Å². The van der Waals surface area contributed by atoms with Gasteiger partial charge in [0.05, 0.1) is 16.3 Å². The molecule has 4 nitrogen and oxygen atoms in total. The van der Waals surface area contributed by atoms with E-state index in [-0.39, 0.29) is 6.04 Å². The molecular formula is C25H24BrN3OS. The van der Waals surface area contributed by atoms with E-state index < -0.39 is 0 Å². The molecule has 5 rings (SSSR count). The third-order valence-electron chi connectivity index (χ3n) is 5.93. The number of benzene rings is 2. The van der Waals surface area contributed by atoms with Crippen LogP contribution in [0.25, 0.3) is 11.6 Å². The molecule has 3 aromatic rings. The molecule has 1 aliphatic carbocycles. The van der Waals surface area contributed by atoms with Crippen molar-refractivity contribution in [3.05, 3.63) is 68.2 Å². The zero-order valence-corrected chi connectivity index (χ0v) is 19.6. The first-order valence-electron chi connectivity index (χ1n) is 10.8. The first-order valence-corrected chi connectivity index (χ1v) is 12.4. The summed E-state index contributed by atoms with van der Waals surface area (Å²) in [6.45, 7) is 0. The molecule has 1 fully saturated rings. The number of thiazole rings is 1. The third-order valence-corrected chi connectivity index (χ3v) is 7.41. The van der Waals surface area contributed by atoms with Crippen LogP contribution in [0.1, 0.15) is 55.0 Å². The Morgan fingerprint density at radius 1 is 1.06 bits per heavy atom. The average Bonchev–Trinajstić information content (AvgIpc) is 3.17. The van der Waals surface area contributed by atoms with Gasteiger partial charge in [0, 0.05) is 27.9 Å². The Balaban J connectivity index is 1.63. The zero-order chi connectivity index (χ0) is 21.2. The van der Waals surface area contributed by atoms with Crippen LogP contribution >= 0.6 is 27.3 Å². The first kappa shape index (κ1) is 20.5. The molecule has 1 N–H and O–H groups in total. The number of aromatic nitrogens is 1. The average molecular weight is 494 g/mol. The van der Waals surface area contributed by atoms with Crippen molar-refractivity contribution in [3.63, 3.8) is 0 Å². The predicted molar refractivity (Wildman–Crippen MR) is 133 cm³/mol. The van der Waals surface area contributed by atoms with E-state index in [1.54, 1.807) is 11.3 Å². The molecule has 2 heterocycles. The minimum Gasteiger partial charge on any atom is -0.493 e. The van der Waals surface area contributed by atoms with Crippen LogP contribution in [-0.2, 0) is 0 Å². The highest BCUT2D eigenvalue weighted by Gasteiger charge is 2.22. The molecule has 0 saturated heterocycles. The topological polar surface area (TPSA) is 49.9 Å². The summed E-state index contributed by atoms with van der Waals surface area (Å²) in [7, 11) is 0. The van der Waals surface area contributed by atoms with E-state index in [4.69, 9.17) is 4.99 Å². The SMILES string of the molecule is Oc1c(C=C2C=Nc3ccc(Br)cc32)sc(=Nc2ccccc2)n1C1CCCCCC1. The fraction of sp³-hybridized carbons (Fsp3) is 0.280. The van der Waals surface area contributed by atoms with Crippen LogP contribution in [0.5, 0.6) is 5.88 Å². The van der Waals surface area contributed by atoms with Gasteiger partial charge in [0.15, 0.2) is 4.80 Å². The van der Waals surface area contributed by atoms with Crippen molar-refractivity contribution in [1.82, 2.24) is 4.57 Å². The standard InChI is InChI=1S/C25H24BrN3OS/c26-18-12-13-22-21(15-18)17(16-27-22)14-23-24(30)29(20-10-6-1-2-7-11-20)25(31-23)28-19-8-4-3-5-9-19/h3-5,8-9,12-16,20,30H,1-2,6-7,10-11H2. The maximum atomic E-state index is 11.3. The number of fused-ring (bicyclic) bond motifs is 1. The molecule has 0 unspecified atom stereocenters. The van der Waals surface area contributed by atoms with E-state index in [0.29, 0.717) is 5.88 Å². The van der Waals surface area contributed by atoms with Crippen LogP contribution in [0.3, 0.4) is 0 Å². The highest BCUT2D eigenvalue weighted by molar-refractivity contribution is 9.10. The van der Waals surface area contributed by atoms with Gasteiger partial charge in [0.2, 0.25) is 5.88 Å². The van der Waals surface area contributed by atoms with Gasteiger partial charge < -0.3 is 5.11 Å². The number of aromatic hydroxyl groups is 1. The van der Waals surface area contributed by atoms with Crippen molar-refractivity contribution < 1.29 is 5.11 Å². The molecule has 0 radical (unpaired) electrons. The summed E-state index contributed by atoms with van der Waals surface area (Å²) in [5.41, 5.74) is 3.94. The van der Waals surface area contributed by atoms with E-state index >= 15 is 0 Å². The van der Waals surface area contributed by atoms with Crippen molar-refractivity contribution in [1.29, 1.82) is 0 Å². The molecule has 2 aromatic carbocycles. The summed E-state index contributed by atoms with van der Waals surface area (Å²) in [5.74, 6) is 0.316. The zero-order valence-electron chi connectivity index (χ0n) is 17.2. The molecular weight excluding hydrogens is 470 g/mol. The summed E-state index contributed by atoms with van der Waals surface area (Å²) in [5, 5.41) is 11.3. The lowest BCUT2D eigenvalue weighted by Gasteiger charge is -2.17. The highest BCUT2D eigenvalue weighted by Crippen LogP contribution is 2.38. The number of hydrogen-bond acceptors (Lipinski definition) is 4. The van der Waals surface area contributed by atoms with Gasteiger partial charge in [-0.05, 0) is 49.2 Å². The van der Waals surface area contributed by atoms with Gasteiger partial charge in [-0.3, -0.25) is 9.56 Å². The molecule has 158 valence electrons. The smallest absolute Gasteiger partial charge is 0.211 e. The van der Waals surface area contributed by atoms with E-state index in [1.807, 2.05) is 54.8 Å². The number of nitrogens with zero attached hydrogens (tertiary/aromatic N) is 3. The molecule has 0 atom stereocenters. The molecule has 1 aromatic heterocycles. The van der Waals surface area contributed by atoms with Gasteiger partial charge in [-0.25, -0.2) is 4.99 Å².